The molecule has 0 spiro atoms. The lowest BCUT2D eigenvalue weighted by molar-refractivity contribution is -0.384. The standard InChI is InChI=1S/C14H14N2O5/c17-12(15-14(13(18)19)8-1-9-14)7-4-10-2-5-11(6-3-10)16(20)21/h2-7H,1,8-9H2,(H,15,17)(H,18,19)/b7-4+. The first-order valence-electron chi connectivity index (χ1n) is 6.41. The van der Waals surface area contributed by atoms with Crippen molar-refractivity contribution >= 4 is 23.6 Å². The van der Waals surface area contributed by atoms with Gasteiger partial charge in [-0.1, -0.05) is 0 Å². The number of non-ortho nitro benzene ring substituents is 1. The van der Waals surface area contributed by atoms with Crippen LogP contribution in [0.3, 0.4) is 0 Å². The van der Waals surface area contributed by atoms with E-state index in [9.17, 15) is 19.7 Å². The maximum Gasteiger partial charge on any atom is 0.329 e. The minimum Gasteiger partial charge on any atom is -0.480 e. The van der Waals surface area contributed by atoms with Crippen molar-refractivity contribution in [1.82, 2.24) is 5.32 Å². The number of hydrogen-bond acceptors (Lipinski definition) is 4. The molecule has 0 aromatic heterocycles. The largest absolute Gasteiger partial charge is 0.480 e. The van der Waals surface area contributed by atoms with E-state index in [-0.39, 0.29) is 5.69 Å². The molecule has 1 saturated carbocycles. The van der Waals surface area contributed by atoms with Crippen LogP contribution in [0.4, 0.5) is 5.69 Å². The molecule has 7 nitrogen and oxygen atoms in total. The SMILES string of the molecule is O=C(/C=C/c1ccc([N+](=O)[O-])cc1)NC1(C(=O)O)CCC1. The Kier molecular flexibility index (Phi) is 4.02. The molecule has 1 aliphatic carbocycles. The summed E-state index contributed by atoms with van der Waals surface area (Å²) in [6.45, 7) is 0. The molecule has 0 heterocycles. The van der Waals surface area contributed by atoms with Gasteiger partial charge in [0.1, 0.15) is 5.54 Å². The van der Waals surface area contributed by atoms with Crippen LogP contribution in [0.25, 0.3) is 6.08 Å². The van der Waals surface area contributed by atoms with E-state index in [2.05, 4.69) is 5.32 Å². The number of benzene rings is 1. The fourth-order valence-electron chi connectivity index (χ4n) is 2.08. The molecule has 2 N–H and O–H groups in total. The molecule has 0 aliphatic heterocycles. The summed E-state index contributed by atoms with van der Waals surface area (Å²) in [6, 6.07) is 5.70. The lowest BCUT2D eigenvalue weighted by Gasteiger charge is -2.37. The van der Waals surface area contributed by atoms with Crippen molar-refractivity contribution in [3.05, 3.63) is 46.0 Å². The first-order chi connectivity index (χ1) is 9.93. The number of nitrogens with zero attached hydrogens (tertiary/aromatic N) is 1. The number of carboxylic acid groups (broad SMARTS) is 1. The van der Waals surface area contributed by atoms with Crippen LogP contribution < -0.4 is 5.32 Å². The molecule has 0 saturated heterocycles. The van der Waals surface area contributed by atoms with Crippen molar-refractivity contribution in [2.45, 2.75) is 24.8 Å². The van der Waals surface area contributed by atoms with Gasteiger partial charge in [0.05, 0.1) is 4.92 Å². The summed E-state index contributed by atoms with van der Waals surface area (Å²) in [5.41, 5.74) is -0.554. The van der Waals surface area contributed by atoms with E-state index in [1.165, 1.54) is 36.4 Å². The number of aliphatic carboxylic acids is 1. The van der Waals surface area contributed by atoms with Crippen LogP contribution in [0.2, 0.25) is 0 Å². The van der Waals surface area contributed by atoms with Crippen molar-refractivity contribution in [3.63, 3.8) is 0 Å². The van der Waals surface area contributed by atoms with Gasteiger partial charge in [-0.3, -0.25) is 14.9 Å². The quantitative estimate of drug-likeness (QED) is 0.487. The van der Waals surface area contributed by atoms with Gasteiger partial charge < -0.3 is 10.4 Å². The molecule has 1 aliphatic rings. The third kappa shape index (κ3) is 3.25. The van der Waals surface area contributed by atoms with Crippen LogP contribution in [0.1, 0.15) is 24.8 Å². The fourth-order valence-corrected chi connectivity index (χ4v) is 2.08. The molecule has 1 aromatic rings. The Morgan fingerprint density at radius 2 is 1.90 bits per heavy atom. The Balaban J connectivity index is 1.99. The van der Waals surface area contributed by atoms with Crippen molar-refractivity contribution in [2.75, 3.05) is 0 Å². The molecular weight excluding hydrogens is 276 g/mol. The Labute approximate surface area is 120 Å². The number of nitrogens with one attached hydrogen (secondary N) is 1. The smallest absolute Gasteiger partial charge is 0.329 e. The summed E-state index contributed by atoms with van der Waals surface area (Å²) in [5.74, 6) is -1.51. The van der Waals surface area contributed by atoms with Crippen LogP contribution in [0.15, 0.2) is 30.3 Å². The second kappa shape index (κ2) is 5.74. The Hall–Kier alpha value is -2.70. The van der Waals surface area contributed by atoms with Crippen LogP contribution in [-0.2, 0) is 9.59 Å². The predicted molar refractivity (Wildman–Crippen MR) is 74.5 cm³/mol. The second-order valence-corrected chi connectivity index (χ2v) is 4.91. The van der Waals surface area contributed by atoms with Crippen LogP contribution in [0, 0.1) is 10.1 Å². The van der Waals surface area contributed by atoms with Crippen LogP contribution in [0.5, 0.6) is 0 Å². The highest BCUT2D eigenvalue weighted by Crippen LogP contribution is 2.31. The average molecular weight is 290 g/mol. The Morgan fingerprint density at radius 1 is 1.29 bits per heavy atom. The highest BCUT2D eigenvalue weighted by Gasteiger charge is 2.45. The number of carboxylic acids is 1. The van der Waals surface area contributed by atoms with Gasteiger partial charge in [-0.25, -0.2) is 4.79 Å². The highest BCUT2D eigenvalue weighted by atomic mass is 16.6. The molecule has 1 amide bonds. The van der Waals surface area contributed by atoms with Gasteiger partial charge in [-0.15, -0.1) is 0 Å². The van der Waals surface area contributed by atoms with Gasteiger partial charge in [0, 0.05) is 18.2 Å². The van der Waals surface area contributed by atoms with Crippen molar-refractivity contribution in [1.29, 1.82) is 0 Å². The number of rotatable bonds is 5. The maximum absolute atomic E-state index is 11.7. The summed E-state index contributed by atoms with van der Waals surface area (Å²) < 4.78 is 0. The summed E-state index contributed by atoms with van der Waals surface area (Å²) in [6.07, 6.45) is 4.34. The summed E-state index contributed by atoms with van der Waals surface area (Å²) in [4.78, 5) is 32.8. The molecule has 7 heteroatoms. The van der Waals surface area contributed by atoms with Crippen LogP contribution in [-0.4, -0.2) is 27.4 Å². The predicted octanol–water partition coefficient (Wildman–Crippen LogP) is 1.73. The van der Waals surface area contributed by atoms with Gasteiger partial charge in [0.25, 0.3) is 5.69 Å². The molecule has 0 unspecified atom stereocenters. The lowest BCUT2D eigenvalue weighted by Crippen LogP contribution is -2.58. The van der Waals surface area contributed by atoms with E-state index in [1.54, 1.807) is 0 Å². The van der Waals surface area contributed by atoms with E-state index in [0.717, 1.165) is 6.42 Å². The van der Waals surface area contributed by atoms with Gasteiger partial charge in [0.2, 0.25) is 5.91 Å². The van der Waals surface area contributed by atoms with Crippen molar-refractivity contribution in [3.8, 4) is 0 Å². The molecule has 21 heavy (non-hydrogen) atoms. The van der Waals surface area contributed by atoms with E-state index < -0.39 is 22.3 Å². The zero-order chi connectivity index (χ0) is 15.5. The number of carbonyl (C=O) groups is 2. The third-order valence-corrected chi connectivity index (χ3v) is 3.51. The molecule has 1 fully saturated rings. The summed E-state index contributed by atoms with van der Waals surface area (Å²) >= 11 is 0. The molecule has 0 atom stereocenters. The topological polar surface area (TPSA) is 110 Å². The zero-order valence-corrected chi connectivity index (χ0v) is 11.1. The first-order valence-corrected chi connectivity index (χ1v) is 6.41. The fraction of sp³-hybridized carbons (Fsp3) is 0.286. The normalized spacial score (nSPS) is 16.2. The lowest BCUT2D eigenvalue weighted by atomic mass is 9.77. The van der Waals surface area contributed by atoms with Crippen molar-refractivity contribution < 1.29 is 19.6 Å². The number of hydrogen-bond donors (Lipinski definition) is 2. The maximum atomic E-state index is 11.7. The minimum atomic E-state index is -1.14. The highest BCUT2D eigenvalue weighted by molar-refractivity contribution is 5.96. The number of nitro groups is 1. The van der Waals surface area contributed by atoms with E-state index >= 15 is 0 Å². The van der Waals surface area contributed by atoms with E-state index in [4.69, 9.17) is 5.11 Å². The van der Waals surface area contributed by atoms with E-state index in [1.807, 2.05) is 0 Å². The molecule has 1 aromatic carbocycles. The molecule has 0 bridgehead atoms. The second-order valence-electron chi connectivity index (χ2n) is 4.91. The summed E-state index contributed by atoms with van der Waals surface area (Å²) in [7, 11) is 0. The Bertz CT molecular complexity index is 602. The third-order valence-electron chi connectivity index (χ3n) is 3.51. The average Bonchev–Trinajstić information content (AvgIpc) is 2.40. The number of carbonyl (C=O) groups excluding carboxylic acids is 1. The van der Waals surface area contributed by atoms with E-state index in [0.29, 0.717) is 18.4 Å². The number of amides is 1. The minimum absolute atomic E-state index is 0.0316. The van der Waals surface area contributed by atoms with Gasteiger partial charge in [-0.05, 0) is 43.0 Å². The van der Waals surface area contributed by atoms with Gasteiger partial charge in [0.15, 0.2) is 0 Å². The monoisotopic (exact) mass is 290 g/mol. The Morgan fingerprint density at radius 3 is 2.33 bits per heavy atom. The zero-order valence-electron chi connectivity index (χ0n) is 11.1. The summed E-state index contributed by atoms with van der Waals surface area (Å²) in [5, 5.41) is 22.1. The van der Waals surface area contributed by atoms with Gasteiger partial charge >= 0.3 is 5.97 Å². The molecule has 110 valence electrons. The van der Waals surface area contributed by atoms with Crippen LogP contribution >= 0.6 is 0 Å². The number of nitro benzene ring substituents is 1. The first kappa shape index (κ1) is 14.7. The van der Waals surface area contributed by atoms with Gasteiger partial charge in [-0.2, -0.15) is 0 Å². The molecule has 2 rings (SSSR count). The molecular formula is C14H14N2O5. The van der Waals surface area contributed by atoms with Crippen molar-refractivity contribution in [2.24, 2.45) is 0 Å². The molecule has 0 radical (unpaired) electrons.